The molecule has 0 bridgehead atoms. The Morgan fingerprint density at radius 2 is 1.93 bits per heavy atom. The van der Waals surface area contributed by atoms with Gasteiger partial charge in [-0.2, -0.15) is 5.10 Å². The summed E-state index contributed by atoms with van der Waals surface area (Å²) in [5.74, 6) is 0.470. The van der Waals surface area contributed by atoms with Gasteiger partial charge in [0.2, 0.25) is 0 Å². The molecular formula is C20H27N7O2. The highest BCUT2D eigenvalue weighted by Crippen LogP contribution is 2.41. The molecule has 0 atom stereocenters. The van der Waals surface area contributed by atoms with E-state index in [4.69, 9.17) is 0 Å². The lowest BCUT2D eigenvalue weighted by Gasteiger charge is -2.32. The van der Waals surface area contributed by atoms with Crippen LogP contribution < -0.4 is 10.6 Å². The van der Waals surface area contributed by atoms with E-state index in [1.54, 1.807) is 23.2 Å². The van der Waals surface area contributed by atoms with Gasteiger partial charge in [-0.15, -0.1) is 0 Å². The van der Waals surface area contributed by atoms with E-state index in [9.17, 15) is 9.59 Å². The van der Waals surface area contributed by atoms with Gasteiger partial charge >= 0.3 is 6.03 Å². The van der Waals surface area contributed by atoms with Gasteiger partial charge in [-0.05, 0) is 43.5 Å². The predicted octanol–water partition coefficient (Wildman–Crippen LogP) is 1.40. The Kier molecular flexibility index (Phi) is 5.48. The number of hydrogen-bond donors (Lipinski definition) is 2. The molecule has 2 N–H and O–H groups in total. The van der Waals surface area contributed by atoms with Gasteiger partial charge in [0.15, 0.2) is 0 Å². The topological polar surface area (TPSA) is 95.4 Å². The monoisotopic (exact) mass is 397 g/mol. The van der Waals surface area contributed by atoms with Crippen molar-refractivity contribution in [2.75, 3.05) is 38.5 Å². The fraction of sp³-hybridized carbons (Fsp3) is 0.500. The van der Waals surface area contributed by atoms with Gasteiger partial charge in [0.25, 0.3) is 5.91 Å². The first-order valence-electron chi connectivity index (χ1n) is 10.0. The summed E-state index contributed by atoms with van der Waals surface area (Å²) in [6.45, 7) is 3.48. The van der Waals surface area contributed by atoms with Crippen molar-refractivity contribution < 1.29 is 9.59 Å². The first-order valence-corrected chi connectivity index (χ1v) is 10.0. The molecule has 1 saturated carbocycles. The first-order chi connectivity index (χ1) is 14.0. The van der Waals surface area contributed by atoms with Crippen LogP contribution in [-0.2, 0) is 13.6 Å². The molecule has 4 rings (SSSR count). The Bertz CT molecular complexity index is 898. The van der Waals surface area contributed by atoms with Gasteiger partial charge in [-0.1, -0.05) is 0 Å². The molecule has 0 radical (unpaired) electrons. The number of carbonyl (C=O) groups excluding carboxylic acids is 2. The summed E-state index contributed by atoms with van der Waals surface area (Å²) in [5, 5.41) is 9.99. The number of hydrogen-bond acceptors (Lipinski definition) is 5. The number of piperazine rings is 1. The number of nitrogens with one attached hydrogen (secondary N) is 2. The highest BCUT2D eigenvalue weighted by Gasteiger charge is 2.28. The maximum absolute atomic E-state index is 12.7. The van der Waals surface area contributed by atoms with Crippen molar-refractivity contribution in [2.45, 2.75) is 25.3 Å². The minimum atomic E-state index is -0.322. The Labute approximate surface area is 170 Å². The summed E-state index contributed by atoms with van der Waals surface area (Å²) in [4.78, 5) is 33.2. The Morgan fingerprint density at radius 3 is 2.66 bits per heavy atom. The van der Waals surface area contributed by atoms with E-state index in [0.29, 0.717) is 36.9 Å². The second kappa shape index (κ2) is 8.20. The molecule has 2 aromatic heterocycles. The molecule has 0 unspecified atom stereocenters. The third-order valence-electron chi connectivity index (χ3n) is 5.55. The van der Waals surface area contributed by atoms with Crippen LogP contribution in [0.3, 0.4) is 0 Å². The summed E-state index contributed by atoms with van der Waals surface area (Å²) in [6.07, 6.45) is 5.81. The van der Waals surface area contributed by atoms with Crippen molar-refractivity contribution >= 4 is 17.6 Å². The van der Waals surface area contributed by atoms with Crippen LogP contribution in [0.1, 0.15) is 40.5 Å². The lowest BCUT2D eigenvalue weighted by atomic mass is 10.1. The van der Waals surface area contributed by atoms with Crippen LogP contribution in [0, 0.1) is 0 Å². The van der Waals surface area contributed by atoms with Crippen LogP contribution in [0.5, 0.6) is 0 Å². The number of aromatic nitrogens is 3. The lowest BCUT2D eigenvalue weighted by molar-refractivity contribution is 0.0658. The zero-order valence-corrected chi connectivity index (χ0v) is 16.9. The number of likely N-dealkylation sites (N-methyl/N-ethyl adjacent to an activating group) is 1. The summed E-state index contributed by atoms with van der Waals surface area (Å²) in [7, 11) is 3.93. The molecule has 1 aliphatic heterocycles. The third-order valence-corrected chi connectivity index (χ3v) is 5.55. The predicted molar refractivity (Wildman–Crippen MR) is 109 cm³/mol. The Hall–Kier alpha value is -2.94. The maximum atomic E-state index is 12.7. The standard InChI is InChI=1S/C20H27N7O2/c1-25-7-9-27(10-8-25)19(28)17-11-15(5-6-21-17)24-20(29)22-13-18-16(14-3-4-14)12-23-26(18)2/h5-6,11-12,14H,3-4,7-10,13H2,1-2H3,(H2,21,22,24,29). The molecule has 2 aromatic rings. The largest absolute Gasteiger partial charge is 0.335 e. The molecule has 2 fully saturated rings. The summed E-state index contributed by atoms with van der Waals surface area (Å²) >= 11 is 0. The summed E-state index contributed by atoms with van der Waals surface area (Å²) < 4.78 is 1.81. The molecule has 9 nitrogen and oxygen atoms in total. The van der Waals surface area contributed by atoms with Crippen molar-refractivity contribution in [2.24, 2.45) is 7.05 Å². The van der Waals surface area contributed by atoms with Gasteiger partial charge in [-0.25, -0.2) is 4.79 Å². The number of aryl methyl sites for hydroxylation is 1. The van der Waals surface area contributed by atoms with E-state index in [2.05, 4.69) is 25.6 Å². The van der Waals surface area contributed by atoms with Gasteiger partial charge < -0.3 is 20.4 Å². The van der Waals surface area contributed by atoms with Gasteiger partial charge in [0, 0.05) is 45.1 Å². The van der Waals surface area contributed by atoms with Crippen molar-refractivity contribution in [3.63, 3.8) is 0 Å². The second-order valence-corrected chi connectivity index (χ2v) is 7.78. The number of pyridine rings is 1. The number of anilines is 1. The minimum Gasteiger partial charge on any atom is -0.335 e. The molecule has 3 heterocycles. The minimum absolute atomic E-state index is 0.105. The summed E-state index contributed by atoms with van der Waals surface area (Å²) in [5.41, 5.74) is 3.14. The Morgan fingerprint density at radius 1 is 1.17 bits per heavy atom. The maximum Gasteiger partial charge on any atom is 0.319 e. The average Bonchev–Trinajstić information content (AvgIpc) is 3.49. The van der Waals surface area contributed by atoms with E-state index in [1.807, 2.05) is 25.0 Å². The van der Waals surface area contributed by atoms with Crippen molar-refractivity contribution in [1.82, 2.24) is 29.9 Å². The zero-order chi connectivity index (χ0) is 20.4. The van der Waals surface area contributed by atoms with Crippen LogP contribution in [0.15, 0.2) is 24.5 Å². The number of urea groups is 1. The molecule has 1 saturated heterocycles. The molecule has 1 aliphatic carbocycles. The average molecular weight is 397 g/mol. The third kappa shape index (κ3) is 4.56. The van der Waals surface area contributed by atoms with Crippen molar-refractivity contribution in [1.29, 1.82) is 0 Å². The highest BCUT2D eigenvalue weighted by atomic mass is 16.2. The van der Waals surface area contributed by atoms with Gasteiger partial charge in [-0.3, -0.25) is 14.5 Å². The van der Waals surface area contributed by atoms with Crippen molar-refractivity contribution in [3.05, 3.63) is 41.5 Å². The van der Waals surface area contributed by atoms with Crippen LogP contribution in [0.4, 0.5) is 10.5 Å². The number of carbonyl (C=O) groups is 2. The quantitative estimate of drug-likeness (QED) is 0.795. The second-order valence-electron chi connectivity index (χ2n) is 7.78. The van der Waals surface area contributed by atoms with E-state index >= 15 is 0 Å². The van der Waals surface area contributed by atoms with E-state index < -0.39 is 0 Å². The molecule has 2 aliphatic rings. The normalized spacial score (nSPS) is 17.2. The Balaban J connectivity index is 1.35. The molecule has 9 heteroatoms. The van der Waals surface area contributed by atoms with Crippen LogP contribution >= 0.6 is 0 Å². The van der Waals surface area contributed by atoms with E-state index in [0.717, 1.165) is 18.8 Å². The van der Waals surface area contributed by atoms with Crippen molar-refractivity contribution in [3.8, 4) is 0 Å². The molecular weight excluding hydrogens is 370 g/mol. The van der Waals surface area contributed by atoms with Gasteiger partial charge in [0.05, 0.1) is 18.4 Å². The fourth-order valence-corrected chi connectivity index (χ4v) is 3.57. The highest BCUT2D eigenvalue weighted by molar-refractivity contribution is 5.95. The summed E-state index contributed by atoms with van der Waals surface area (Å²) in [6, 6.07) is 2.98. The van der Waals surface area contributed by atoms with Crippen LogP contribution in [0.25, 0.3) is 0 Å². The number of rotatable bonds is 5. The SMILES string of the molecule is CN1CCN(C(=O)c2cc(NC(=O)NCc3c(C4CC4)cnn3C)ccn2)CC1. The molecule has 0 spiro atoms. The lowest BCUT2D eigenvalue weighted by Crippen LogP contribution is -2.47. The fourth-order valence-electron chi connectivity index (χ4n) is 3.57. The molecule has 0 aromatic carbocycles. The van der Waals surface area contributed by atoms with E-state index in [1.165, 1.54) is 18.4 Å². The molecule has 3 amide bonds. The first kappa shape index (κ1) is 19.4. The van der Waals surface area contributed by atoms with E-state index in [-0.39, 0.29) is 11.9 Å². The number of nitrogens with zero attached hydrogens (tertiary/aromatic N) is 5. The number of amides is 3. The van der Waals surface area contributed by atoms with Crippen LogP contribution in [0.2, 0.25) is 0 Å². The zero-order valence-electron chi connectivity index (χ0n) is 16.9. The van der Waals surface area contributed by atoms with Gasteiger partial charge in [0.1, 0.15) is 5.69 Å². The van der Waals surface area contributed by atoms with Crippen LogP contribution in [-0.4, -0.2) is 69.7 Å². The molecule has 29 heavy (non-hydrogen) atoms. The molecule has 154 valence electrons. The smallest absolute Gasteiger partial charge is 0.319 e.